The van der Waals surface area contributed by atoms with Crippen molar-refractivity contribution in [1.29, 1.82) is 0 Å². The van der Waals surface area contributed by atoms with Crippen molar-refractivity contribution in [2.75, 3.05) is 7.11 Å². The molecule has 0 amide bonds. The SMILES string of the molecule is COC(=O)C(C)[C@@H]1[C@@]2(C)C(=O)C=C[C@@](C)(C(=O)O)[C@@H]2CC[C@@]1(C)C1=C(C)CC[C@H]1O. The normalized spacial score (nSPS) is 42.1. The van der Waals surface area contributed by atoms with Gasteiger partial charge in [0.15, 0.2) is 5.78 Å². The first-order chi connectivity index (χ1) is 13.9. The molecule has 0 bridgehead atoms. The Morgan fingerprint density at radius 1 is 1.23 bits per heavy atom. The Hall–Kier alpha value is -1.95. The molecule has 3 aliphatic carbocycles. The van der Waals surface area contributed by atoms with E-state index in [-0.39, 0.29) is 5.78 Å². The van der Waals surface area contributed by atoms with Gasteiger partial charge in [-0.15, -0.1) is 0 Å². The lowest BCUT2D eigenvalue weighted by molar-refractivity contribution is -0.174. The number of aliphatic carboxylic acids is 1. The highest BCUT2D eigenvalue weighted by Gasteiger charge is 2.66. The number of carbonyl (C=O) groups is 3. The average Bonchev–Trinajstić information content (AvgIpc) is 3.02. The van der Waals surface area contributed by atoms with E-state index in [0.717, 1.165) is 17.6 Å². The smallest absolute Gasteiger partial charge is 0.313 e. The van der Waals surface area contributed by atoms with E-state index in [9.17, 15) is 24.6 Å². The van der Waals surface area contributed by atoms with Crippen molar-refractivity contribution in [3.63, 3.8) is 0 Å². The van der Waals surface area contributed by atoms with Crippen molar-refractivity contribution in [2.45, 2.75) is 66.4 Å². The molecule has 0 heterocycles. The molecule has 0 aromatic heterocycles. The second-order valence-corrected chi connectivity index (χ2v) is 10.1. The number of carboxylic acid groups (broad SMARTS) is 1. The van der Waals surface area contributed by atoms with Gasteiger partial charge in [-0.05, 0) is 68.4 Å². The van der Waals surface area contributed by atoms with Crippen LogP contribution < -0.4 is 0 Å². The molecule has 3 rings (SSSR count). The van der Waals surface area contributed by atoms with Crippen LogP contribution in [0.4, 0.5) is 0 Å². The quantitative estimate of drug-likeness (QED) is 0.535. The van der Waals surface area contributed by atoms with Crippen LogP contribution in [-0.2, 0) is 19.1 Å². The Balaban J connectivity index is 2.27. The molecule has 1 unspecified atom stereocenters. The lowest BCUT2D eigenvalue weighted by Gasteiger charge is -2.61. The zero-order valence-corrected chi connectivity index (χ0v) is 18.8. The van der Waals surface area contributed by atoms with Gasteiger partial charge < -0.3 is 14.9 Å². The molecule has 30 heavy (non-hydrogen) atoms. The van der Waals surface area contributed by atoms with E-state index >= 15 is 0 Å². The minimum atomic E-state index is -1.20. The number of methoxy groups -OCH3 is 1. The number of rotatable bonds is 4. The zero-order valence-electron chi connectivity index (χ0n) is 18.8. The van der Waals surface area contributed by atoms with E-state index in [4.69, 9.17) is 4.74 Å². The molecule has 0 saturated heterocycles. The number of carbonyl (C=O) groups excluding carboxylic acids is 2. The highest BCUT2D eigenvalue weighted by atomic mass is 16.5. The number of esters is 1. The molecule has 0 aliphatic heterocycles. The van der Waals surface area contributed by atoms with Crippen LogP contribution >= 0.6 is 0 Å². The van der Waals surface area contributed by atoms with Crippen LogP contribution in [0.2, 0.25) is 0 Å². The van der Waals surface area contributed by atoms with E-state index in [0.29, 0.717) is 19.3 Å². The van der Waals surface area contributed by atoms with E-state index in [1.165, 1.54) is 19.3 Å². The van der Waals surface area contributed by atoms with Gasteiger partial charge in [0.2, 0.25) is 0 Å². The van der Waals surface area contributed by atoms with Crippen molar-refractivity contribution in [1.82, 2.24) is 0 Å². The third-order valence-electron chi connectivity index (χ3n) is 8.58. The van der Waals surface area contributed by atoms with Gasteiger partial charge in [-0.25, -0.2) is 0 Å². The van der Waals surface area contributed by atoms with Crippen LogP contribution in [0.1, 0.15) is 60.3 Å². The van der Waals surface area contributed by atoms with Gasteiger partial charge in [-0.3, -0.25) is 14.4 Å². The Bertz CT molecular complexity index is 841. The molecular weight excluding hydrogens is 384 g/mol. The Morgan fingerprint density at radius 3 is 2.37 bits per heavy atom. The molecule has 0 radical (unpaired) electrons. The fourth-order valence-corrected chi connectivity index (χ4v) is 7.27. The first-order valence-corrected chi connectivity index (χ1v) is 10.8. The van der Waals surface area contributed by atoms with E-state index in [1.54, 1.807) is 13.8 Å². The van der Waals surface area contributed by atoms with Crippen molar-refractivity contribution in [3.8, 4) is 0 Å². The third kappa shape index (κ3) is 2.90. The molecule has 1 saturated carbocycles. The monoisotopic (exact) mass is 418 g/mol. The van der Waals surface area contributed by atoms with Crippen molar-refractivity contribution < 1.29 is 29.3 Å². The number of hydrogen-bond donors (Lipinski definition) is 2. The summed E-state index contributed by atoms with van der Waals surface area (Å²) in [5, 5.41) is 20.9. The van der Waals surface area contributed by atoms with Crippen LogP contribution in [0, 0.1) is 34.0 Å². The van der Waals surface area contributed by atoms with Crippen LogP contribution in [0.3, 0.4) is 0 Å². The summed E-state index contributed by atoms with van der Waals surface area (Å²) in [6, 6.07) is 0. The third-order valence-corrected chi connectivity index (χ3v) is 8.58. The molecular formula is C24H34O6. The highest BCUT2D eigenvalue weighted by molar-refractivity contribution is 5.99. The standard InChI is InChI=1S/C24H34O6/c1-13-7-8-15(25)18(13)23(4)11-9-16-22(3,21(28)29)12-10-17(26)24(16,5)19(23)14(2)20(27)30-6/h10,12,14-16,19,25H,7-9,11H2,1-6H3,(H,28,29)/t14?,15-,16+,19+,22-,23+,24-/m1/s1. The van der Waals surface area contributed by atoms with Crippen LogP contribution in [-0.4, -0.2) is 41.1 Å². The molecule has 6 heteroatoms. The van der Waals surface area contributed by atoms with Gasteiger partial charge in [0.05, 0.1) is 24.5 Å². The van der Waals surface area contributed by atoms with Crippen molar-refractivity contribution in [2.24, 2.45) is 34.0 Å². The number of fused-ring (bicyclic) bond motifs is 1. The van der Waals surface area contributed by atoms with E-state index in [1.807, 2.05) is 20.8 Å². The number of aliphatic hydroxyl groups is 1. The highest BCUT2D eigenvalue weighted by Crippen LogP contribution is 2.66. The maximum atomic E-state index is 13.4. The summed E-state index contributed by atoms with van der Waals surface area (Å²) < 4.78 is 5.07. The molecule has 6 nitrogen and oxygen atoms in total. The topological polar surface area (TPSA) is 101 Å². The molecule has 1 fully saturated rings. The van der Waals surface area contributed by atoms with Crippen LogP contribution in [0.5, 0.6) is 0 Å². The van der Waals surface area contributed by atoms with Crippen LogP contribution in [0.25, 0.3) is 0 Å². The first-order valence-electron chi connectivity index (χ1n) is 10.8. The predicted molar refractivity (Wildman–Crippen MR) is 111 cm³/mol. The second kappa shape index (κ2) is 7.33. The predicted octanol–water partition coefficient (Wildman–Crippen LogP) is 3.54. The van der Waals surface area contributed by atoms with E-state index < -0.39 is 52.0 Å². The number of ketones is 1. The summed E-state index contributed by atoms with van der Waals surface area (Å²) in [7, 11) is 1.33. The Kier molecular flexibility index (Phi) is 5.55. The molecule has 0 spiro atoms. The summed E-state index contributed by atoms with van der Waals surface area (Å²) in [6.45, 7) is 9.30. The summed E-state index contributed by atoms with van der Waals surface area (Å²) in [5.74, 6) is -3.11. The second-order valence-electron chi connectivity index (χ2n) is 10.1. The molecule has 3 aliphatic rings. The Labute approximate surface area is 178 Å². The van der Waals surface area contributed by atoms with Crippen molar-refractivity contribution in [3.05, 3.63) is 23.3 Å². The van der Waals surface area contributed by atoms with Crippen LogP contribution in [0.15, 0.2) is 23.3 Å². The zero-order chi connectivity index (χ0) is 22.6. The van der Waals surface area contributed by atoms with Gasteiger partial charge >= 0.3 is 11.9 Å². The number of hydrogen-bond acceptors (Lipinski definition) is 5. The summed E-state index contributed by atoms with van der Waals surface area (Å²) >= 11 is 0. The van der Waals surface area contributed by atoms with Gasteiger partial charge in [-0.2, -0.15) is 0 Å². The lowest BCUT2D eigenvalue weighted by Crippen LogP contribution is -2.62. The molecule has 0 aromatic rings. The summed E-state index contributed by atoms with van der Waals surface area (Å²) in [5.41, 5.74) is -0.858. The van der Waals surface area contributed by atoms with Crippen molar-refractivity contribution >= 4 is 17.7 Å². The van der Waals surface area contributed by atoms with Gasteiger partial charge in [0.1, 0.15) is 0 Å². The molecule has 0 aromatic carbocycles. The van der Waals surface area contributed by atoms with E-state index in [2.05, 4.69) is 0 Å². The fraction of sp³-hybridized carbons (Fsp3) is 0.708. The minimum Gasteiger partial charge on any atom is -0.481 e. The van der Waals surface area contributed by atoms with Gasteiger partial charge in [0.25, 0.3) is 0 Å². The molecule has 7 atom stereocenters. The fourth-order valence-electron chi connectivity index (χ4n) is 7.27. The number of allylic oxidation sites excluding steroid dienone is 2. The average molecular weight is 419 g/mol. The maximum absolute atomic E-state index is 13.4. The number of carboxylic acids is 1. The number of ether oxygens (including phenoxy) is 1. The molecule has 2 N–H and O–H groups in total. The number of aliphatic hydroxyl groups excluding tert-OH is 1. The summed E-state index contributed by atoms with van der Waals surface area (Å²) in [6.07, 6.45) is 4.85. The Morgan fingerprint density at radius 2 is 1.87 bits per heavy atom. The minimum absolute atomic E-state index is 0.149. The van der Waals surface area contributed by atoms with Gasteiger partial charge in [0, 0.05) is 5.41 Å². The lowest BCUT2D eigenvalue weighted by atomic mass is 9.41. The van der Waals surface area contributed by atoms with Gasteiger partial charge in [-0.1, -0.05) is 32.4 Å². The maximum Gasteiger partial charge on any atom is 0.313 e. The molecule has 166 valence electrons. The summed E-state index contributed by atoms with van der Waals surface area (Å²) in [4.78, 5) is 38.5. The largest absolute Gasteiger partial charge is 0.481 e. The first kappa shape index (κ1) is 22.7.